The van der Waals surface area contributed by atoms with Crippen LogP contribution in [0.15, 0.2) is 23.0 Å². The summed E-state index contributed by atoms with van der Waals surface area (Å²) in [5.41, 5.74) is 3.03. The molecule has 2 N–H and O–H groups in total. The highest BCUT2D eigenvalue weighted by Gasteiger charge is 2.26. The van der Waals surface area contributed by atoms with Gasteiger partial charge in [0.1, 0.15) is 6.54 Å². The molecule has 0 aliphatic carbocycles. The fraction of sp³-hybridized carbons (Fsp3) is 0.545. The number of aromatic nitrogens is 1. The zero-order valence-corrected chi connectivity index (χ0v) is 16.7. The average molecular weight is 372 g/mol. The molecule has 0 amide bonds. The van der Waals surface area contributed by atoms with Crippen LogP contribution in [0.4, 0.5) is 0 Å². The molecule has 0 spiro atoms. The van der Waals surface area contributed by atoms with Gasteiger partial charge in [0.25, 0.3) is 0 Å². The van der Waals surface area contributed by atoms with E-state index in [4.69, 9.17) is 4.74 Å². The van der Waals surface area contributed by atoms with Gasteiger partial charge in [-0.2, -0.15) is 0 Å². The molecule has 27 heavy (non-hydrogen) atoms. The molecular weight excluding hydrogens is 340 g/mol. The summed E-state index contributed by atoms with van der Waals surface area (Å²) in [4.78, 5) is 30.3. The molecule has 3 rings (SSSR count). The van der Waals surface area contributed by atoms with Crippen LogP contribution in [0.1, 0.15) is 67.6 Å². The van der Waals surface area contributed by atoms with E-state index in [1.165, 1.54) is 24.2 Å². The van der Waals surface area contributed by atoms with Crippen molar-refractivity contribution in [3.63, 3.8) is 0 Å². The second-order valence-electron chi connectivity index (χ2n) is 7.64. The molecule has 2 aromatic rings. The molecule has 146 valence electrons. The molecule has 2 atom stereocenters. The monoisotopic (exact) mass is 371 g/mol. The van der Waals surface area contributed by atoms with E-state index in [9.17, 15) is 9.59 Å². The molecule has 2 unspecified atom stereocenters. The van der Waals surface area contributed by atoms with E-state index in [1.807, 2.05) is 13.8 Å². The maximum absolute atomic E-state index is 13.2. The summed E-state index contributed by atoms with van der Waals surface area (Å²) in [5, 5.41) is 0.575. The number of esters is 1. The third kappa shape index (κ3) is 4.24. The van der Waals surface area contributed by atoms with Gasteiger partial charge in [-0.1, -0.05) is 13.8 Å². The van der Waals surface area contributed by atoms with Gasteiger partial charge in [-0.3, -0.25) is 4.79 Å². The van der Waals surface area contributed by atoms with Gasteiger partial charge >= 0.3 is 5.97 Å². The quantitative estimate of drug-likeness (QED) is 0.768. The highest BCUT2D eigenvalue weighted by molar-refractivity contribution is 5.94. The number of benzene rings is 1. The molecule has 1 saturated heterocycles. The van der Waals surface area contributed by atoms with Crippen molar-refractivity contribution in [1.29, 1.82) is 0 Å². The van der Waals surface area contributed by atoms with Gasteiger partial charge in [0.2, 0.25) is 0 Å². The van der Waals surface area contributed by atoms with Gasteiger partial charge in [-0.25, -0.2) is 4.79 Å². The highest BCUT2D eigenvalue weighted by Crippen LogP contribution is 2.15. The van der Waals surface area contributed by atoms with Crippen molar-refractivity contribution in [2.24, 2.45) is 0 Å². The van der Waals surface area contributed by atoms with E-state index in [0.717, 1.165) is 42.7 Å². The summed E-state index contributed by atoms with van der Waals surface area (Å²) in [6.07, 6.45) is 5.68. The van der Waals surface area contributed by atoms with Gasteiger partial charge in [0, 0.05) is 16.6 Å². The third-order valence-electron chi connectivity index (χ3n) is 5.76. The number of hydrogen-bond donors (Lipinski definition) is 2. The fourth-order valence-corrected chi connectivity index (χ4v) is 4.17. The lowest BCUT2D eigenvalue weighted by Crippen LogP contribution is -3.15. The first-order valence-electron chi connectivity index (χ1n) is 10.2. The van der Waals surface area contributed by atoms with Crippen LogP contribution in [0.2, 0.25) is 0 Å². The van der Waals surface area contributed by atoms with E-state index in [1.54, 1.807) is 18.2 Å². The van der Waals surface area contributed by atoms with Crippen LogP contribution in [0.3, 0.4) is 0 Å². The van der Waals surface area contributed by atoms with Crippen LogP contribution in [0.5, 0.6) is 0 Å². The Balaban J connectivity index is 1.95. The Bertz CT molecular complexity index is 872. The molecule has 0 radical (unpaired) electrons. The number of nitrogens with one attached hydrogen (secondary N) is 2. The second-order valence-corrected chi connectivity index (χ2v) is 7.64. The third-order valence-corrected chi connectivity index (χ3v) is 5.76. The Hall–Kier alpha value is -2.14. The Morgan fingerprint density at radius 1 is 1.30 bits per heavy atom. The SMILES string of the molecule is CCCOC(=O)c1ccc2[nH]c(C)c(C[NH+]3CCCCC3CC)c(=O)c2c1. The first-order valence-corrected chi connectivity index (χ1v) is 10.2. The van der Waals surface area contributed by atoms with Crippen molar-refractivity contribution in [2.75, 3.05) is 13.2 Å². The number of carbonyl (C=O) groups is 1. The van der Waals surface area contributed by atoms with Gasteiger partial charge in [-0.15, -0.1) is 0 Å². The van der Waals surface area contributed by atoms with Crippen molar-refractivity contribution in [3.05, 3.63) is 45.2 Å². The van der Waals surface area contributed by atoms with Crippen LogP contribution < -0.4 is 10.3 Å². The molecule has 0 bridgehead atoms. The number of pyridine rings is 1. The average Bonchev–Trinajstić information content (AvgIpc) is 2.69. The summed E-state index contributed by atoms with van der Waals surface area (Å²) < 4.78 is 5.21. The van der Waals surface area contributed by atoms with Gasteiger partial charge in [0.15, 0.2) is 5.43 Å². The lowest BCUT2D eigenvalue weighted by molar-refractivity contribution is -0.944. The smallest absolute Gasteiger partial charge is 0.338 e. The summed E-state index contributed by atoms with van der Waals surface area (Å²) in [6, 6.07) is 5.83. The van der Waals surface area contributed by atoms with Crippen LogP contribution in [0.25, 0.3) is 10.9 Å². The molecule has 0 saturated carbocycles. The van der Waals surface area contributed by atoms with Crippen molar-refractivity contribution < 1.29 is 14.4 Å². The first-order chi connectivity index (χ1) is 13.0. The minimum Gasteiger partial charge on any atom is -0.462 e. The number of fused-ring (bicyclic) bond motifs is 1. The predicted octanol–water partition coefficient (Wildman–Crippen LogP) is 2.75. The zero-order chi connectivity index (χ0) is 19.4. The van der Waals surface area contributed by atoms with E-state index < -0.39 is 0 Å². The summed E-state index contributed by atoms with van der Waals surface area (Å²) in [6.45, 7) is 8.44. The predicted molar refractivity (Wildman–Crippen MR) is 107 cm³/mol. The molecule has 1 fully saturated rings. The number of rotatable bonds is 6. The molecule has 2 heterocycles. The molecule has 5 heteroatoms. The molecule has 1 aliphatic heterocycles. The summed E-state index contributed by atoms with van der Waals surface area (Å²) >= 11 is 0. The van der Waals surface area contributed by atoms with Crippen molar-refractivity contribution in [3.8, 4) is 0 Å². The number of quaternary nitrogens is 1. The first kappa shape index (κ1) is 19.6. The molecule has 5 nitrogen and oxygen atoms in total. The van der Waals surface area contributed by atoms with Gasteiger partial charge < -0.3 is 14.6 Å². The van der Waals surface area contributed by atoms with Crippen molar-refractivity contribution in [2.45, 2.75) is 65.5 Å². The maximum atomic E-state index is 13.2. The zero-order valence-electron chi connectivity index (χ0n) is 16.7. The maximum Gasteiger partial charge on any atom is 0.338 e. The minimum atomic E-state index is -0.368. The van der Waals surface area contributed by atoms with E-state index in [2.05, 4.69) is 11.9 Å². The van der Waals surface area contributed by atoms with Crippen LogP contribution >= 0.6 is 0 Å². The number of piperidine rings is 1. The van der Waals surface area contributed by atoms with Crippen LogP contribution in [-0.2, 0) is 11.3 Å². The number of aromatic amines is 1. The number of carbonyl (C=O) groups excluding carboxylic acids is 1. The number of hydrogen-bond acceptors (Lipinski definition) is 3. The molecule has 1 aromatic carbocycles. The molecule has 1 aromatic heterocycles. The van der Waals surface area contributed by atoms with Gasteiger partial charge in [0.05, 0.1) is 30.3 Å². The van der Waals surface area contributed by atoms with E-state index in [-0.39, 0.29) is 11.4 Å². The van der Waals surface area contributed by atoms with E-state index >= 15 is 0 Å². The topological polar surface area (TPSA) is 63.6 Å². The number of H-pyrrole nitrogens is 1. The lowest BCUT2D eigenvalue weighted by atomic mass is 9.98. The minimum absolute atomic E-state index is 0.0410. The molecule has 1 aliphatic rings. The number of aryl methyl sites for hydroxylation is 1. The highest BCUT2D eigenvalue weighted by atomic mass is 16.5. The van der Waals surface area contributed by atoms with Crippen LogP contribution in [-0.4, -0.2) is 30.1 Å². The van der Waals surface area contributed by atoms with Crippen molar-refractivity contribution in [1.82, 2.24) is 4.98 Å². The largest absolute Gasteiger partial charge is 0.462 e. The Morgan fingerprint density at radius 3 is 2.85 bits per heavy atom. The van der Waals surface area contributed by atoms with E-state index in [0.29, 0.717) is 23.6 Å². The standard InChI is InChI=1S/C22H30N2O3/c1-4-12-27-22(26)16-9-10-20-18(13-16)21(25)19(15(3)23-20)14-24-11-7-6-8-17(24)5-2/h9-10,13,17H,4-8,11-12,14H2,1-3H3,(H,23,25)/p+1. The number of likely N-dealkylation sites (tertiary alicyclic amines) is 1. The van der Waals surface area contributed by atoms with Crippen LogP contribution in [0, 0.1) is 6.92 Å². The number of ether oxygens (including phenoxy) is 1. The Morgan fingerprint density at radius 2 is 2.11 bits per heavy atom. The Labute approximate surface area is 160 Å². The van der Waals surface area contributed by atoms with Crippen molar-refractivity contribution >= 4 is 16.9 Å². The summed E-state index contributed by atoms with van der Waals surface area (Å²) in [7, 11) is 0. The Kier molecular flexibility index (Phi) is 6.32. The van der Waals surface area contributed by atoms with Gasteiger partial charge in [-0.05, 0) is 57.2 Å². The second kappa shape index (κ2) is 8.70. The summed E-state index contributed by atoms with van der Waals surface area (Å²) in [5.74, 6) is -0.368. The lowest BCUT2D eigenvalue weighted by Gasteiger charge is -2.32. The normalized spacial score (nSPS) is 20.0. The fourth-order valence-electron chi connectivity index (χ4n) is 4.17. The molecular formula is C22H31N2O3+.